The molecule has 7 heteroatoms. The van der Waals surface area contributed by atoms with Crippen molar-refractivity contribution < 1.29 is 19.2 Å². The predicted octanol–water partition coefficient (Wildman–Crippen LogP) is 2.86. The molecule has 2 aromatic rings. The number of hydrogen-bond donors (Lipinski definition) is 0. The molecule has 0 saturated carbocycles. The highest BCUT2D eigenvalue weighted by molar-refractivity contribution is 6.45. The lowest BCUT2D eigenvalue weighted by molar-refractivity contribution is -0.143. The van der Waals surface area contributed by atoms with Gasteiger partial charge in [-0.05, 0) is 39.3 Å². The Morgan fingerprint density at radius 2 is 1.57 bits per heavy atom. The molecule has 0 spiro atoms. The molecule has 7 nitrogen and oxygen atoms in total. The molecule has 1 saturated heterocycles. The van der Waals surface area contributed by atoms with E-state index < -0.39 is 24.4 Å². The molecule has 4 amide bonds. The maximum absolute atomic E-state index is 12.8. The van der Waals surface area contributed by atoms with Crippen molar-refractivity contribution in [3.63, 3.8) is 0 Å². The topological polar surface area (TPSA) is 79.7 Å². The van der Waals surface area contributed by atoms with Crippen LogP contribution in [0.3, 0.4) is 0 Å². The van der Waals surface area contributed by atoms with Gasteiger partial charge in [0.25, 0.3) is 0 Å². The van der Waals surface area contributed by atoms with Crippen molar-refractivity contribution in [3.8, 4) is 0 Å². The number of amides is 4. The van der Waals surface area contributed by atoms with Crippen LogP contribution < -0.4 is 0 Å². The van der Waals surface area contributed by atoms with E-state index in [0.717, 1.165) is 26.8 Å². The highest BCUT2D eigenvalue weighted by Gasteiger charge is 2.45. The van der Waals surface area contributed by atoms with E-state index in [-0.39, 0.29) is 18.4 Å². The Hall–Kier alpha value is -3.22. The van der Waals surface area contributed by atoms with Crippen molar-refractivity contribution in [1.82, 2.24) is 14.4 Å². The summed E-state index contributed by atoms with van der Waals surface area (Å²) >= 11 is 0. The first-order chi connectivity index (χ1) is 13.2. The standard InChI is InChI=1S/C21H23N3O4/c1-13(2)24-14(3)10-17(15(24)4)18(25)12-23-20(27)19(26)22(21(23)28)11-16-8-6-5-7-9-16/h5-10,13H,11-12H2,1-4H3. The molecule has 1 aliphatic rings. The Kier molecular flexibility index (Phi) is 5.18. The van der Waals surface area contributed by atoms with Crippen molar-refractivity contribution in [1.29, 1.82) is 0 Å². The van der Waals surface area contributed by atoms with Crippen molar-refractivity contribution in [2.24, 2.45) is 0 Å². The number of rotatable bonds is 6. The van der Waals surface area contributed by atoms with Gasteiger partial charge in [0.15, 0.2) is 5.78 Å². The first-order valence-corrected chi connectivity index (χ1v) is 9.15. The van der Waals surface area contributed by atoms with Crippen molar-refractivity contribution in [2.75, 3.05) is 6.54 Å². The smallest absolute Gasteiger partial charge is 0.334 e. The van der Waals surface area contributed by atoms with Crippen LogP contribution in [0.25, 0.3) is 0 Å². The molecule has 146 valence electrons. The van der Waals surface area contributed by atoms with Gasteiger partial charge in [-0.25, -0.2) is 9.69 Å². The third-order valence-electron chi connectivity index (χ3n) is 4.92. The first kappa shape index (κ1) is 19.5. The van der Waals surface area contributed by atoms with Gasteiger partial charge in [-0.3, -0.25) is 19.3 Å². The lowest BCUT2D eigenvalue weighted by Crippen LogP contribution is -2.37. The maximum atomic E-state index is 12.8. The van der Waals surface area contributed by atoms with E-state index in [0.29, 0.717) is 5.56 Å². The molecular formula is C21H23N3O4. The summed E-state index contributed by atoms with van der Waals surface area (Å²) < 4.78 is 2.02. The van der Waals surface area contributed by atoms with Gasteiger partial charge in [0.1, 0.15) is 0 Å². The fourth-order valence-electron chi connectivity index (χ4n) is 3.68. The SMILES string of the molecule is Cc1cc(C(=O)CN2C(=O)C(=O)N(Cc3ccccc3)C2=O)c(C)n1C(C)C. The molecule has 0 bridgehead atoms. The summed E-state index contributed by atoms with van der Waals surface area (Å²) in [6.07, 6.45) is 0. The zero-order valence-electron chi connectivity index (χ0n) is 16.4. The number of nitrogens with zero attached hydrogens (tertiary/aromatic N) is 3. The van der Waals surface area contributed by atoms with Crippen molar-refractivity contribution >= 4 is 23.6 Å². The molecule has 2 heterocycles. The molecule has 1 aliphatic heterocycles. The van der Waals surface area contributed by atoms with Gasteiger partial charge in [0.2, 0.25) is 0 Å². The third-order valence-corrected chi connectivity index (χ3v) is 4.92. The van der Waals surface area contributed by atoms with Crippen LogP contribution in [0.15, 0.2) is 36.4 Å². The van der Waals surface area contributed by atoms with Gasteiger partial charge >= 0.3 is 17.8 Å². The van der Waals surface area contributed by atoms with Crippen LogP contribution >= 0.6 is 0 Å². The number of urea groups is 1. The van der Waals surface area contributed by atoms with E-state index in [9.17, 15) is 19.2 Å². The largest absolute Gasteiger partial charge is 0.346 e. The van der Waals surface area contributed by atoms with Gasteiger partial charge in [-0.1, -0.05) is 30.3 Å². The van der Waals surface area contributed by atoms with Crippen molar-refractivity contribution in [3.05, 3.63) is 58.9 Å². The molecular weight excluding hydrogens is 358 g/mol. The minimum atomic E-state index is -0.966. The normalized spacial score (nSPS) is 14.5. The second kappa shape index (κ2) is 7.42. The number of carbonyl (C=O) groups excluding carboxylic acids is 4. The molecule has 0 aliphatic carbocycles. The van der Waals surface area contributed by atoms with Crippen LogP contribution in [0.2, 0.25) is 0 Å². The number of aromatic nitrogens is 1. The summed E-state index contributed by atoms with van der Waals surface area (Å²) in [5.41, 5.74) is 2.90. The molecule has 1 fully saturated rings. The average Bonchev–Trinajstić information content (AvgIpc) is 3.06. The van der Waals surface area contributed by atoms with E-state index in [1.54, 1.807) is 30.3 Å². The number of imide groups is 2. The fraction of sp³-hybridized carbons (Fsp3) is 0.333. The fourth-order valence-corrected chi connectivity index (χ4v) is 3.68. The maximum Gasteiger partial charge on any atom is 0.334 e. The van der Waals surface area contributed by atoms with Crippen LogP contribution in [-0.2, 0) is 16.1 Å². The quantitative estimate of drug-likeness (QED) is 0.438. The molecule has 28 heavy (non-hydrogen) atoms. The Bertz CT molecular complexity index is 960. The average molecular weight is 381 g/mol. The Labute approximate surface area is 163 Å². The zero-order valence-corrected chi connectivity index (χ0v) is 16.4. The van der Waals surface area contributed by atoms with Gasteiger partial charge in [-0.15, -0.1) is 0 Å². The predicted molar refractivity (Wildman–Crippen MR) is 103 cm³/mol. The number of aryl methyl sites for hydroxylation is 1. The number of carbonyl (C=O) groups is 4. The van der Waals surface area contributed by atoms with Crippen LogP contribution in [-0.4, -0.2) is 44.5 Å². The summed E-state index contributed by atoms with van der Waals surface area (Å²) in [6.45, 7) is 7.32. The van der Waals surface area contributed by atoms with Crippen LogP contribution in [0.4, 0.5) is 4.79 Å². The Morgan fingerprint density at radius 3 is 2.14 bits per heavy atom. The molecule has 3 rings (SSSR count). The van der Waals surface area contributed by atoms with E-state index in [1.807, 2.05) is 38.3 Å². The molecule has 0 N–H and O–H groups in total. The highest BCUT2D eigenvalue weighted by Crippen LogP contribution is 2.22. The second-order valence-electron chi connectivity index (χ2n) is 7.22. The van der Waals surface area contributed by atoms with Gasteiger partial charge in [-0.2, -0.15) is 0 Å². The summed E-state index contributed by atoms with van der Waals surface area (Å²) in [6, 6.07) is 10.1. The van der Waals surface area contributed by atoms with Gasteiger partial charge < -0.3 is 4.57 Å². The number of ketones is 1. The van der Waals surface area contributed by atoms with Gasteiger partial charge in [0.05, 0.1) is 13.1 Å². The van der Waals surface area contributed by atoms with Gasteiger partial charge in [0, 0.05) is 23.0 Å². The van der Waals surface area contributed by atoms with Crippen molar-refractivity contribution in [2.45, 2.75) is 40.3 Å². The lowest BCUT2D eigenvalue weighted by Gasteiger charge is -2.16. The van der Waals surface area contributed by atoms with Crippen LogP contribution in [0.1, 0.15) is 47.2 Å². The molecule has 1 aromatic heterocycles. The van der Waals surface area contributed by atoms with Crippen LogP contribution in [0.5, 0.6) is 0 Å². The number of Topliss-reactive ketones (excluding diaryl/α,β-unsaturated/α-hetero) is 1. The minimum Gasteiger partial charge on any atom is -0.346 e. The zero-order chi connectivity index (χ0) is 20.6. The summed E-state index contributed by atoms with van der Waals surface area (Å²) in [5.74, 6) is -2.24. The lowest BCUT2D eigenvalue weighted by atomic mass is 10.1. The number of benzene rings is 1. The summed E-state index contributed by atoms with van der Waals surface area (Å²) in [7, 11) is 0. The minimum absolute atomic E-state index is 0.00318. The monoisotopic (exact) mass is 381 g/mol. The second-order valence-corrected chi connectivity index (χ2v) is 7.22. The first-order valence-electron chi connectivity index (χ1n) is 9.15. The Morgan fingerprint density at radius 1 is 0.964 bits per heavy atom. The van der Waals surface area contributed by atoms with E-state index in [2.05, 4.69) is 0 Å². The molecule has 1 aromatic carbocycles. The summed E-state index contributed by atoms with van der Waals surface area (Å²) in [4.78, 5) is 51.6. The third kappa shape index (κ3) is 3.35. The summed E-state index contributed by atoms with van der Waals surface area (Å²) in [5, 5.41) is 0. The number of hydrogen-bond acceptors (Lipinski definition) is 4. The molecule has 0 atom stereocenters. The van der Waals surface area contributed by atoms with E-state index in [1.165, 1.54) is 0 Å². The van der Waals surface area contributed by atoms with E-state index >= 15 is 0 Å². The molecule has 0 unspecified atom stereocenters. The Balaban J connectivity index is 1.80. The molecule has 0 radical (unpaired) electrons. The van der Waals surface area contributed by atoms with E-state index in [4.69, 9.17) is 0 Å². The highest BCUT2D eigenvalue weighted by atomic mass is 16.2. The van der Waals surface area contributed by atoms with Crippen LogP contribution in [0, 0.1) is 13.8 Å².